The topological polar surface area (TPSA) is 205 Å². The number of anilines is 1. The molecule has 3 amide bonds. The number of carbonyl (C=O) groups is 3. The number of primary amides is 1. The van der Waals surface area contributed by atoms with Crippen molar-refractivity contribution in [1.82, 2.24) is 4.90 Å². The van der Waals surface area contributed by atoms with Gasteiger partial charge in [0, 0.05) is 16.7 Å². The van der Waals surface area contributed by atoms with E-state index in [4.69, 9.17) is 10.8 Å². The molecule has 8 N–H and O–H groups in total. The number of aliphatic hydroxyl groups is 6. The number of nitrogens with two attached hydrogens (primary N) is 1. The molecule has 0 aliphatic carbocycles. The van der Waals surface area contributed by atoms with Gasteiger partial charge in [-0.2, -0.15) is 0 Å². The molecule has 0 aromatic heterocycles. The Morgan fingerprint density at radius 2 is 1.36 bits per heavy atom. The van der Waals surface area contributed by atoms with E-state index in [0.29, 0.717) is 0 Å². The highest BCUT2D eigenvalue weighted by Crippen LogP contribution is 2.38. The third-order valence-corrected chi connectivity index (χ3v) is 7.54. The molecule has 0 radical (unpaired) electrons. The van der Waals surface area contributed by atoms with E-state index in [9.17, 15) is 39.9 Å². The highest BCUT2D eigenvalue weighted by Gasteiger charge is 2.33. The Hall–Kier alpha value is -0.420. The van der Waals surface area contributed by atoms with Crippen molar-refractivity contribution in [3.63, 3.8) is 0 Å². The molecule has 0 aliphatic rings. The molecule has 0 saturated carbocycles. The van der Waals surface area contributed by atoms with Gasteiger partial charge >= 0.3 is 0 Å². The lowest BCUT2D eigenvalue weighted by molar-refractivity contribution is -0.121. The first kappa shape index (κ1) is 30.6. The summed E-state index contributed by atoms with van der Waals surface area (Å²) in [6, 6.07) is 0. The van der Waals surface area contributed by atoms with Gasteiger partial charge in [0.15, 0.2) is 0 Å². The van der Waals surface area contributed by atoms with Crippen molar-refractivity contribution < 1.29 is 45.0 Å². The summed E-state index contributed by atoms with van der Waals surface area (Å²) in [7, 11) is 0. The standard InChI is InChI=1S/C18H24I3N3O9/c19-13-11(17(22)32)14(20)16(24(10(31)7-28)4-9(30)6-27)15(21)12(13)18(33)23(1-2-25)3-8(29)5-26/h8-9,25-30H,1-7H2,(H2,22,32). The van der Waals surface area contributed by atoms with Crippen molar-refractivity contribution in [1.29, 1.82) is 0 Å². The van der Waals surface area contributed by atoms with Crippen molar-refractivity contribution in [3.05, 3.63) is 21.8 Å². The van der Waals surface area contributed by atoms with E-state index >= 15 is 0 Å². The Balaban J connectivity index is 3.88. The van der Waals surface area contributed by atoms with Gasteiger partial charge in [0.25, 0.3) is 17.7 Å². The monoisotopic (exact) mass is 807 g/mol. The fourth-order valence-electron chi connectivity index (χ4n) is 2.83. The molecule has 2 unspecified atom stereocenters. The van der Waals surface area contributed by atoms with E-state index in [2.05, 4.69) is 0 Å². The van der Waals surface area contributed by atoms with Crippen LogP contribution >= 0.6 is 67.8 Å². The number of rotatable bonds is 12. The van der Waals surface area contributed by atoms with Crippen LogP contribution in [-0.2, 0) is 4.79 Å². The second-order valence-electron chi connectivity index (χ2n) is 6.71. The minimum absolute atomic E-state index is 0.0203. The molecule has 12 nitrogen and oxygen atoms in total. The molecule has 1 aromatic carbocycles. The zero-order chi connectivity index (χ0) is 25.5. The van der Waals surface area contributed by atoms with Crippen LogP contribution in [0.5, 0.6) is 0 Å². The normalized spacial score (nSPS) is 12.9. The number of hydrogen-bond donors (Lipinski definition) is 7. The first-order valence-corrected chi connectivity index (χ1v) is 12.6. The Morgan fingerprint density at radius 1 is 0.848 bits per heavy atom. The van der Waals surface area contributed by atoms with Crippen molar-refractivity contribution in [3.8, 4) is 0 Å². The van der Waals surface area contributed by atoms with Gasteiger partial charge in [-0.15, -0.1) is 0 Å². The third kappa shape index (κ3) is 7.53. The summed E-state index contributed by atoms with van der Waals surface area (Å²) >= 11 is 5.29. The van der Waals surface area contributed by atoms with Gasteiger partial charge in [-0.3, -0.25) is 14.4 Å². The highest BCUT2D eigenvalue weighted by molar-refractivity contribution is 14.1. The summed E-state index contributed by atoms with van der Waals surface area (Å²) < 4.78 is 0.509. The fraction of sp³-hybridized carbons (Fsp3) is 0.500. The van der Waals surface area contributed by atoms with E-state index < -0.39 is 62.9 Å². The molecule has 0 spiro atoms. The summed E-state index contributed by atoms with van der Waals surface area (Å²) in [4.78, 5) is 40.2. The zero-order valence-corrected chi connectivity index (χ0v) is 23.6. The number of benzene rings is 1. The lowest BCUT2D eigenvalue weighted by Gasteiger charge is -2.30. The summed E-state index contributed by atoms with van der Waals surface area (Å²) in [5.41, 5.74) is 5.42. The van der Waals surface area contributed by atoms with Crippen LogP contribution in [0.25, 0.3) is 0 Å². The number of carbonyl (C=O) groups excluding carboxylic acids is 3. The van der Waals surface area contributed by atoms with E-state index in [1.165, 1.54) is 0 Å². The number of nitrogens with zero attached hydrogens (tertiary/aromatic N) is 2. The van der Waals surface area contributed by atoms with Crippen molar-refractivity contribution in [2.24, 2.45) is 5.73 Å². The van der Waals surface area contributed by atoms with Crippen LogP contribution in [0.4, 0.5) is 5.69 Å². The van der Waals surface area contributed by atoms with Crippen LogP contribution in [0.15, 0.2) is 0 Å². The average molecular weight is 807 g/mol. The molecule has 1 rings (SSSR count). The van der Waals surface area contributed by atoms with Crippen molar-refractivity contribution in [2.75, 3.05) is 51.0 Å². The van der Waals surface area contributed by atoms with Crippen molar-refractivity contribution >= 4 is 91.2 Å². The predicted molar refractivity (Wildman–Crippen MR) is 142 cm³/mol. The van der Waals surface area contributed by atoms with Crippen LogP contribution in [-0.4, -0.2) is 112 Å². The Kier molecular flexibility index (Phi) is 13.2. The second kappa shape index (κ2) is 14.2. The fourth-order valence-corrected chi connectivity index (χ4v) is 7.57. The lowest BCUT2D eigenvalue weighted by Crippen LogP contribution is -2.43. The number of halogens is 3. The minimum Gasteiger partial charge on any atom is -0.395 e. The minimum atomic E-state index is -1.38. The van der Waals surface area contributed by atoms with Gasteiger partial charge in [0.2, 0.25) is 0 Å². The molecule has 186 valence electrons. The molecule has 0 heterocycles. The smallest absolute Gasteiger partial charge is 0.256 e. The second-order valence-corrected chi connectivity index (χ2v) is 9.95. The Morgan fingerprint density at radius 3 is 1.82 bits per heavy atom. The average Bonchev–Trinajstić information content (AvgIpc) is 2.76. The molecule has 0 fully saturated rings. The molecule has 33 heavy (non-hydrogen) atoms. The SMILES string of the molecule is NC(=O)c1c(I)c(C(=O)N(CCO)CC(O)CO)c(I)c(N(CC(O)CO)C(=O)CO)c1I. The van der Waals surface area contributed by atoms with Gasteiger partial charge in [-0.1, -0.05) is 0 Å². The molecular weight excluding hydrogens is 783 g/mol. The molecule has 2 atom stereocenters. The first-order valence-electron chi connectivity index (χ1n) is 9.36. The van der Waals surface area contributed by atoms with E-state index in [0.717, 1.165) is 9.80 Å². The van der Waals surface area contributed by atoms with Crippen LogP contribution < -0.4 is 10.6 Å². The summed E-state index contributed by atoms with van der Waals surface area (Å²) in [5, 5.41) is 56.9. The molecule has 0 aliphatic heterocycles. The number of aliphatic hydroxyl groups excluding tert-OH is 6. The van der Waals surface area contributed by atoms with E-state index in [1.807, 2.05) is 0 Å². The van der Waals surface area contributed by atoms with Crippen LogP contribution in [0.3, 0.4) is 0 Å². The summed E-state index contributed by atoms with van der Waals surface area (Å²) in [6.07, 6.45) is -2.67. The van der Waals surface area contributed by atoms with Crippen LogP contribution in [0.1, 0.15) is 20.7 Å². The van der Waals surface area contributed by atoms with Gasteiger partial charge in [0.1, 0.15) is 6.61 Å². The van der Waals surface area contributed by atoms with E-state index in [-0.39, 0.29) is 40.6 Å². The maximum Gasteiger partial charge on any atom is 0.256 e. The van der Waals surface area contributed by atoms with Gasteiger partial charge in [0.05, 0.1) is 62.5 Å². The van der Waals surface area contributed by atoms with Gasteiger partial charge in [-0.05, 0) is 67.8 Å². The molecule has 1 aromatic rings. The quantitative estimate of drug-likeness (QED) is 0.117. The van der Waals surface area contributed by atoms with Crippen LogP contribution in [0, 0.1) is 10.7 Å². The van der Waals surface area contributed by atoms with Gasteiger partial charge < -0.3 is 46.2 Å². The predicted octanol–water partition coefficient (Wildman–Crippen LogP) is -1.93. The Bertz CT molecular complexity index is 888. The number of hydrogen-bond acceptors (Lipinski definition) is 9. The molecular formula is C18H24I3N3O9. The molecule has 0 bridgehead atoms. The van der Waals surface area contributed by atoms with Gasteiger partial charge in [-0.25, -0.2) is 0 Å². The number of amides is 3. The lowest BCUT2D eigenvalue weighted by atomic mass is 10.1. The zero-order valence-electron chi connectivity index (χ0n) is 17.1. The maximum absolute atomic E-state index is 13.4. The molecule has 15 heteroatoms. The Labute approximate surface area is 230 Å². The summed E-state index contributed by atoms with van der Waals surface area (Å²) in [5.74, 6) is -2.49. The van der Waals surface area contributed by atoms with Crippen LogP contribution in [0.2, 0.25) is 0 Å². The first-order chi connectivity index (χ1) is 15.5. The maximum atomic E-state index is 13.4. The largest absolute Gasteiger partial charge is 0.395 e. The highest BCUT2D eigenvalue weighted by atomic mass is 127. The summed E-state index contributed by atoms with van der Waals surface area (Å²) in [6.45, 7) is -3.69. The third-order valence-electron chi connectivity index (χ3n) is 4.36. The van der Waals surface area contributed by atoms with E-state index in [1.54, 1.807) is 67.8 Å². The molecule has 0 saturated heterocycles. The van der Waals surface area contributed by atoms with Crippen molar-refractivity contribution in [2.45, 2.75) is 12.2 Å².